The van der Waals surface area contributed by atoms with Gasteiger partial charge in [-0.2, -0.15) is 0 Å². The highest BCUT2D eigenvalue weighted by Crippen LogP contribution is 2.36. The number of fused-ring (bicyclic) bond motifs is 1. The number of pyridine rings is 1. The number of nitrogens with one attached hydrogen (secondary N) is 1. The van der Waals surface area contributed by atoms with Crippen molar-refractivity contribution < 1.29 is 9.18 Å². The lowest BCUT2D eigenvalue weighted by atomic mass is 9.80. The number of aromatic nitrogens is 2. The van der Waals surface area contributed by atoms with Crippen LogP contribution >= 0.6 is 0 Å². The minimum Gasteiger partial charge on any atom is -0.343 e. The number of piperidine rings is 1. The fourth-order valence-electron chi connectivity index (χ4n) is 5.85. The number of para-hydroxylation sites is 1. The number of rotatable bonds is 7. The Balaban J connectivity index is 1.30. The van der Waals surface area contributed by atoms with Gasteiger partial charge in [0.05, 0.1) is 5.92 Å². The van der Waals surface area contributed by atoms with Crippen molar-refractivity contribution in [3.63, 3.8) is 0 Å². The summed E-state index contributed by atoms with van der Waals surface area (Å²) in [5.74, 6) is -0.250. The molecule has 2 atom stereocenters. The Morgan fingerprint density at radius 3 is 2.63 bits per heavy atom. The molecule has 3 heterocycles. The molecule has 0 spiro atoms. The van der Waals surface area contributed by atoms with Crippen LogP contribution in [0.15, 0.2) is 77.9 Å². The molecule has 38 heavy (non-hydrogen) atoms. The molecule has 1 saturated heterocycles. The molecule has 1 amide bonds. The van der Waals surface area contributed by atoms with E-state index in [0.717, 1.165) is 53.4 Å². The summed E-state index contributed by atoms with van der Waals surface area (Å²) in [4.78, 5) is 28.6. The van der Waals surface area contributed by atoms with Crippen molar-refractivity contribution in [3.8, 4) is 0 Å². The molecule has 2 aliphatic rings. The van der Waals surface area contributed by atoms with Crippen molar-refractivity contribution in [2.24, 2.45) is 13.0 Å². The molecular weight excluding hydrogens is 479 g/mol. The molecule has 1 N–H and O–H groups in total. The van der Waals surface area contributed by atoms with Crippen LogP contribution in [0.4, 0.5) is 4.39 Å². The summed E-state index contributed by atoms with van der Waals surface area (Å²) < 4.78 is 17.2. The van der Waals surface area contributed by atoms with Gasteiger partial charge in [-0.15, -0.1) is 0 Å². The Bertz CT molecular complexity index is 1520. The molecular formula is C31H33FN4O2. The van der Waals surface area contributed by atoms with Crippen LogP contribution < -0.4 is 10.9 Å². The summed E-state index contributed by atoms with van der Waals surface area (Å²) in [5, 5.41) is 4.56. The Morgan fingerprint density at radius 2 is 1.87 bits per heavy atom. The van der Waals surface area contributed by atoms with Crippen LogP contribution in [0, 0.1) is 11.7 Å². The van der Waals surface area contributed by atoms with Gasteiger partial charge in [0.1, 0.15) is 5.82 Å². The SMILES string of the molecule is Cn1ccc(C2CCNC[C@@H]2C(=O)N(Cc2cn(Cc3ccc(F)cc3)c3ccccc23)C2CC2)cc1=O. The van der Waals surface area contributed by atoms with Crippen LogP contribution in [0.5, 0.6) is 0 Å². The molecule has 2 fully saturated rings. The molecule has 6 rings (SSSR count). The number of nitrogens with zero attached hydrogens (tertiary/aromatic N) is 3. The largest absolute Gasteiger partial charge is 0.343 e. The third kappa shape index (κ3) is 4.90. The van der Waals surface area contributed by atoms with Crippen molar-refractivity contribution in [2.45, 2.75) is 44.3 Å². The third-order valence-electron chi connectivity index (χ3n) is 8.10. The lowest BCUT2D eigenvalue weighted by molar-refractivity contribution is -0.138. The number of hydrogen-bond acceptors (Lipinski definition) is 3. The van der Waals surface area contributed by atoms with E-state index in [-0.39, 0.29) is 35.2 Å². The second kappa shape index (κ2) is 10.2. The number of carbonyl (C=O) groups is 1. The third-order valence-corrected chi connectivity index (χ3v) is 8.10. The van der Waals surface area contributed by atoms with E-state index < -0.39 is 0 Å². The van der Waals surface area contributed by atoms with Gasteiger partial charge in [-0.25, -0.2) is 4.39 Å². The van der Waals surface area contributed by atoms with Crippen LogP contribution in [0.3, 0.4) is 0 Å². The van der Waals surface area contributed by atoms with Gasteiger partial charge in [-0.3, -0.25) is 9.59 Å². The maximum absolute atomic E-state index is 14.1. The van der Waals surface area contributed by atoms with Crippen molar-refractivity contribution in [1.29, 1.82) is 0 Å². The minimum absolute atomic E-state index is 0.0266. The Kier molecular flexibility index (Phi) is 6.62. The number of aryl methyl sites for hydroxylation is 1. The van der Waals surface area contributed by atoms with E-state index in [9.17, 15) is 14.0 Å². The Labute approximate surface area is 221 Å². The average molecular weight is 513 g/mol. The van der Waals surface area contributed by atoms with Gasteiger partial charge in [-0.1, -0.05) is 30.3 Å². The summed E-state index contributed by atoms with van der Waals surface area (Å²) in [6, 6.07) is 18.8. The smallest absolute Gasteiger partial charge is 0.250 e. The Morgan fingerprint density at radius 1 is 1.08 bits per heavy atom. The van der Waals surface area contributed by atoms with Gasteiger partial charge in [-0.05, 0) is 72.7 Å². The topological polar surface area (TPSA) is 59.3 Å². The highest BCUT2D eigenvalue weighted by atomic mass is 19.1. The zero-order valence-electron chi connectivity index (χ0n) is 21.6. The number of hydrogen-bond donors (Lipinski definition) is 1. The van der Waals surface area contributed by atoms with E-state index in [1.807, 2.05) is 30.3 Å². The summed E-state index contributed by atoms with van der Waals surface area (Å²) >= 11 is 0. The number of carbonyl (C=O) groups excluding carboxylic acids is 1. The zero-order valence-corrected chi connectivity index (χ0v) is 21.6. The van der Waals surface area contributed by atoms with Crippen LogP contribution in [0.1, 0.15) is 41.9 Å². The first kappa shape index (κ1) is 24.6. The highest BCUT2D eigenvalue weighted by molar-refractivity contribution is 5.86. The Hall–Kier alpha value is -3.71. The van der Waals surface area contributed by atoms with E-state index in [1.165, 1.54) is 12.1 Å². The first-order valence-corrected chi connectivity index (χ1v) is 13.5. The molecule has 1 aliphatic heterocycles. The predicted octanol–water partition coefficient (Wildman–Crippen LogP) is 4.41. The molecule has 4 aromatic rings. The molecule has 2 aromatic heterocycles. The number of benzene rings is 2. The van der Waals surface area contributed by atoms with Gasteiger partial charge >= 0.3 is 0 Å². The van der Waals surface area contributed by atoms with Crippen molar-refractivity contribution in [3.05, 3.63) is 106 Å². The fourth-order valence-corrected chi connectivity index (χ4v) is 5.85. The summed E-state index contributed by atoms with van der Waals surface area (Å²) in [5.41, 5.74) is 4.17. The van der Waals surface area contributed by atoms with Gasteiger partial charge in [0.15, 0.2) is 0 Å². The van der Waals surface area contributed by atoms with Gasteiger partial charge in [0.2, 0.25) is 5.91 Å². The first-order chi connectivity index (χ1) is 18.5. The molecule has 1 saturated carbocycles. The highest BCUT2D eigenvalue weighted by Gasteiger charge is 2.40. The molecule has 6 nitrogen and oxygen atoms in total. The molecule has 0 bridgehead atoms. The van der Waals surface area contributed by atoms with Gasteiger partial charge in [0, 0.05) is 62.1 Å². The molecule has 1 aliphatic carbocycles. The first-order valence-electron chi connectivity index (χ1n) is 13.5. The van der Waals surface area contributed by atoms with E-state index in [1.54, 1.807) is 23.9 Å². The van der Waals surface area contributed by atoms with Gasteiger partial charge in [0.25, 0.3) is 5.56 Å². The maximum atomic E-state index is 14.1. The summed E-state index contributed by atoms with van der Waals surface area (Å²) in [7, 11) is 1.75. The lowest BCUT2D eigenvalue weighted by Crippen LogP contribution is -2.47. The number of halogens is 1. The van der Waals surface area contributed by atoms with E-state index in [4.69, 9.17) is 0 Å². The number of amides is 1. The maximum Gasteiger partial charge on any atom is 0.250 e. The monoisotopic (exact) mass is 512 g/mol. The van der Waals surface area contributed by atoms with Crippen molar-refractivity contribution >= 4 is 16.8 Å². The van der Waals surface area contributed by atoms with Crippen LogP contribution in [0.25, 0.3) is 10.9 Å². The predicted molar refractivity (Wildman–Crippen MR) is 146 cm³/mol. The second-order valence-electron chi connectivity index (χ2n) is 10.7. The van der Waals surface area contributed by atoms with Crippen molar-refractivity contribution in [1.82, 2.24) is 19.4 Å². The van der Waals surface area contributed by atoms with Crippen molar-refractivity contribution in [2.75, 3.05) is 13.1 Å². The van der Waals surface area contributed by atoms with Crippen LogP contribution in [-0.4, -0.2) is 39.1 Å². The molecule has 0 radical (unpaired) electrons. The van der Waals surface area contributed by atoms with Gasteiger partial charge < -0.3 is 19.4 Å². The van der Waals surface area contributed by atoms with E-state index >= 15 is 0 Å². The second-order valence-corrected chi connectivity index (χ2v) is 10.7. The fraction of sp³-hybridized carbons (Fsp3) is 0.355. The van der Waals surface area contributed by atoms with Crippen LogP contribution in [0.2, 0.25) is 0 Å². The molecule has 7 heteroatoms. The quantitative estimate of drug-likeness (QED) is 0.399. The molecule has 2 aromatic carbocycles. The zero-order chi connectivity index (χ0) is 26.2. The van der Waals surface area contributed by atoms with E-state index in [0.29, 0.717) is 19.6 Å². The lowest BCUT2D eigenvalue weighted by Gasteiger charge is -2.35. The summed E-state index contributed by atoms with van der Waals surface area (Å²) in [6.45, 7) is 2.65. The average Bonchev–Trinajstić information content (AvgIpc) is 3.73. The van der Waals surface area contributed by atoms with Crippen LogP contribution in [-0.2, 0) is 24.9 Å². The minimum atomic E-state index is -0.239. The normalized spacial score (nSPS) is 19.5. The summed E-state index contributed by atoms with van der Waals surface area (Å²) in [6.07, 6.45) is 6.83. The van der Waals surface area contributed by atoms with E-state index in [2.05, 4.69) is 33.1 Å². The standard InChI is InChI=1S/C31H33FN4O2/c1-34-15-13-22(16-30(34)37)26-12-14-33-17-28(26)31(38)36(25-10-11-25)20-23-19-35(29-5-3-2-4-27(23)29)18-21-6-8-24(32)9-7-21/h2-9,13,15-16,19,25-26,28,33H,10-12,14,17-18,20H2,1H3/t26?,28-/m0/s1. The molecule has 196 valence electrons. The molecule has 1 unspecified atom stereocenters.